The summed E-state index contributed by atoms with van der Waals surface area (Å²) in [5.74, 6) is 2.60. The minimum absolute atomic E-state index is 0.516. The van der Waals surface area contributed by atoms with Crippen molar-refractivity contribution in [1.82, 2.24) is 0 Å². The largest absolute Gasteiger partial charge is 0.234 e. The zero-order valence-electron chi connectivity index (χ0n) is 9.26. The van der Waals surface area contributed by atoms with Crippen LogP contribution in [0.2, 0.25) is 0 Å². The number of nitrogens with zero attached hydrogens (tertiary/aromatic N) is 2. The van der Waals surface area contributed by atoms with Crippen LogP contribution in [-0.2, 0) is 9.59 Å². The van der Waals surface area contributed by atoms with Gasteiger partial charge < -0.3 is 0 Å². The van der Waals surface area contributed by atoms with Gasteiger partial charge in [-0.1, -0.05) is 0 Å². The Bertz CT molecular complexity index is 343. The van der Waals surface area contributed by atoms with E-state index in [0.717, 1.165) is 18.3 Å². The monoisotopic (exact) mass is 220 g/mol. The molecule has 0 aromatic carbocycles. The number of hydrogen-bond donors (Lipinski definition) is 0. The van der Waals surface area contributed by atoms with Crippen molar-refractivity contribution in [3.63, 3.8) is 0 Å². The number of isocyanates is 2. The van der Waals surface area contributed by atoms with Gasteiger partial charge in [0.25, 0.3) is 0 Å². The average molecular weight is 220 g/mol. The summed E-state index contributed by atoms with van der Waals surface area (Å²) >= 11 is 0. The van der Waals surface area contributed by atoms with Gasteiger partial charge in [-0.15, -0.1) is 0 Å². The third kappa shape index (κ3) is 2.13. The fraction of sp³-hybridized carbons (Fsp3) is 0.833. The molecule has 0 radical (unpaired) electrons. The minimum atomic E-state index is 0.516. The van der Waals surface area contributed by atoms with Crippen LogP contribution in [0, 0.1) is 23.7 Å². The maximum Gasteiger partial charge on any atom is 0.234 e. The van der Waals surface area contributed by atoms with Gasteiger partial charge in [0.2, 0.25) is 12.2 Å². The topological polar surface area (TPSA) is 58.9 Å². The summed E-state index contributed by atoms with van der Waals surface area (Å²) in [5.41, 5.74) is 0. The van der Waals surface area contributed by atoms with Gasteiger partial charge in [0.1, 0.15) is 0 Å². The van der Waals surface area contributed by atoms with Gasteiger partial charge >= 0.3 is 0 Å². The Balaban J connectivity index is 1.96. The molecule has 2 rings (SSSR count). The van der Waals surface area contributed by atoms with Crippen LogP contribution in [0.25, 0.3) is 0 Å². The molecule has 16 heavy (non-hydrogen) atoms. The molecule has 0 aliphatic heterocycles. The zero-order valence-corrected chi connectivity index (χ0v) is 9.26. The van der Waals surface area contributed by atoms with Crippen molar-refractivity contribution in [1.29, 1.82) is 0 Å². The molecule has 2 saturated carbocycles. The fourth-order valence-electron chi connectivity index (χ4n) is 3.67. The highest BCUT2D eigenvalue weighted by Crippen LogP contribution is 2.53. The van der Waals surface area contributed by atoms with Crippen molar-refractivity contribution in [3.8, 4) is 0 Å². The second-order valence-corrected chi connectivity index (χ2v) is 4.85. The van der Waals surface area contributed by atoms with Gasteiger partial charge in [-0.05, 0) is 49.4 Å². The lowest BCUT2D eigenvalue weighted by Gasteiger charge is -2.29. The molecule has 86 valence electrons. The van der Waals surface area contributed by atoms with Crippen molar-refractivity contribution in [2.45, 2.75) is 25.7 Å². The van der Waals surface area contributed by atoms with Crippen LogP contribution in [-0.4, -0.2) is 25.2 Å². The van der Waals surface area contributed by atoms with Gasteiger partial charge in [-0.25, -0.2) is 19.6 Å². The van der Waals surface area contributed by atoms with Crippen LogP contribution in [0.15, 0.2) is 9.98 Å². The van der Waals surface area contributed by atoms with Crippen LogP contribution >= 0.6 is 0 Å². The van der Waals surface area contributed by atoms with Gasteiger partial charge in [-0.3, -0.25) is 0 Å². The normalized spacial score (nSPS) is 35.5. The van der Waals surface area contributed by atoms with E-state index in [-0.39, 0.29) is 0 Å². The second kappa shape index (κ2) is 5.20. The maximum atomic E-state index is 10.2. The molecule has 0 saturated heterocycles. The predicted octanol–water partition coefficient (Wildman–Crippen LogP) is 1.71. The second-order valence-electron chi connectivity index (χ2n) is 4.85. The summed E-state index contributed by atoms with van der Waals surface area (Å²) in [6.45, 7) is 1.18. The Kier molecular flexibility index (Phi) is 3.66. The highest BCUT2D eigenvalue weighted by Gasteiger charge is 2.46. The van der Waals surface area contributed by atoms with E-state index < -0.39 is 0 Å². The molecule has 4 unspecified atom stereocenters. The standard InChI is InChI=1S/C12H16N2O2/c15-7-13-4-3-11-9-1-2-10(5-9)12(11)6-14-8-16/h9-12H,1-6H2. The first-order valence-electron chi connectivity index (χ1n) is 5.94. The highest BCUT2D eigenvalue weighted by molar-refractivity contribution is 5.33. The molecule has 0 spiro atoms. The van der Waals surface area contributed by atoms with Crippen LogP contribution in [0.3, 0.4) is 0 Å². The fourth-order valence-corrected chi connectivity index (χ4v) is 3.67. The van der Waals surface area contributed by atoms with Crippen LogP contribution in [0.1, 0.15) is 25.7 Å². The molecule has 4 nitrogen and oxygen atoms in total. The van der Waals surface area contributed by atoms with Crippen molar-refractivity contribution in [2.75, 3.05) is 13.1 Å². The van der Waals surface area contributed by atoms with Gasteiger partial charge in [-0.2, -0.15) is 0 Å². The molecule has 0 N–H and O–H groups in total. The lowest BCUT2D eigenvalue weighted by Crippen LogP contribution is -2.25. The van der Waals surface area contributed by atoms with Crippen molar-refractivity contribution < 1.29 is 9.59 Å². The molecule has 0 amide bonds. The molecular formula is C12H16N2O2. The van der Waals surface area contributed by atoms with Crippen LogP contribution < -0.4 is 0 Å². The molecular weight excluding hydrogens is 204 g/mol. The van der Waals surface area contributed by atoms with E-state index in [1.165, 1.54) is 19.3 Å². The Hall–Kier alpha value is -1.24. The summed E-state index contributed by atoms with van der Waals surface area (Å²) in [6, 6.07) is 0. The average Bonchev–Trinajstić information content (AvgIpc) is 2.88. The van der Waals surface area contributed by atoms with Crippen molar-refractivity contribution in [3.05, 3.63) is 0 Å². The van der Waals surface area contributed by atoms with E-state index >= 15 is 0 Å². The molecule has 0 heterocycles. The number of aliphatic imine (C=N–C) groups is 2. The SMILES string of the molecule is O=C=NCCC1C2CCC(C2)C1CN=C=O. The first-order valence-corrected chi connectivity index (χ1v) is 5.94. The summed E-state index contributed by atoms with van der Waals surface area (Å²) in [4.78, 5) is 27.6. The van der Waals surface area contributed by atoms with E-state index in [1.807, 2.05) is 0 Å². The van der Waals surface area contributed by atoms with E-state index in [9.17, 15) is 9.59 Å². The van der Waals surface area contributed by atoms with E-state index in [4.69, 9.17) is 0 Å². The third-order valence-corrected chi connectivity index (χ3v) is 4.28. The molecule has 0 aromatic rings. The summed E-state index contributed by atoms with van der Waals surface area (Å²) in [5, 5.41) is 0. The van der Waals surface area contributed by atoms with Gasteiger partial charge in [0, 0.05) is 0 Å². The highest BCUT2D eigenvalue weighted by atomic mass is 16.1. The van der Waals surface area contributed by atoms with E-state index in [0.29, 0.717) is 24.9 Å². The molecule has 2 aliphatic rings. The molecule has 0 aromatic heterocycles. The Labute approximate surface area is 94.9 Å². The summed E-state index contributed by atoms with van der Waals surface area (Å²) in [7, 11) is 0. The van der Waals surface area contributed by atoms with E-state index in [1.54, 1.807) is 12.2 Å². The Morgan fingerprint density at radius 1 is 1.00 bits per heavy atom. The zero-order chi connectivity index (χ0) is 11.4. The lowest BCUT2D eigenvalue weighted by molar-refractivity contribution is 0.218. The summed E-state index contributed by atoms with van der Waals surface area (Å²) < 4.78 is 0. The lowest BCUT2D eigenvalue weighted by atomic mass is 9.77. The molecule has 4 atom stereocenters. The first kappa shape index (κ1) is 11.3. The van der Waals surface area contributed by atoms with Crippen LogP contribution in [0.5, 0.6) is 0 Å². The quantitative estimate of drug-likeness (QED) is 0.523. The van der Waals surface area contributed by atoms with Gasteiger partial charge in [0.05, 0.1) is 13.1 Å². The Morgan fingerprint density at radius 3 is 2.38 bits per heavy atom. The summed E-state index contributed by atoms with van der Waals surface area (Å²) in [6.07, 6.45) is 7.99. The molecule has 2 fully saturated rings. The van der Waals surface area contributed by atoms with Crippen LogP contribution in [0.4, 0.5) is 0 Å². The molecule has 2 bridgehead atoms. The number of hydrogen-bond acceptors (Lipinski definition) is 4. The van der Waals surface area contributed by atoms with E-state index in [2.05, 4.69) is 9.98 Å². The molecule has 4 heteroatoms. The van der Waals surface area contributed by atoms with Crippen molar-refractivity contribution >= 4 is 12.2 Å². The Morgan fingerprint density at radius 2 is 1.69 bits per heavy atom. The number of fused-ring (bicyclic) bond motifs is 2. The first-order chi connectivity index (χ1) is 7.86. The minimum Gasteiger partial charge on any atom is -0.211 e. The van der Waals surface area contributed by atoms with Crippen molar-refractivity contribution in [2.24, 2.45) is 33.7 Å². The molecule has 2 aliphatic carbocycles. The van der Waals surface area contributed by atoms with Gasteiger partial charge in [0.15, 0.2) is 0 Å². The number of rotatable bonds is 5. The maximum absolute atomic E-state index is 10.2. The number of carbonyl (C=O) groups excluding carboxylic acids is 2. The third-order valence-electron chi connectivity index (χ3n) is 4.28. The smallest absolute Gasteiger partial charge is 0.211 e. The predicted molar refractivity (Wildman–Crippen MR) is 58.4 cm³/mol.